The van der Waals surface area contributed by atoms with E-state index >= 15 is 0 Å². The first-order valence-electron chi connectivity index (χ1n) is 5.04. The van der Waals surface area contributed by atoms with Crippen molar-refractivity contribution in [1.29, 1.82) is 0 Å². The number of hydrogen-bond acceptors (Lipinski definition) is 1. The van der Waals surface area contributed by atoms with Gasteiger partial charge < -0.3 is 5.73 Å². The minimum atomic E-state index is -4.82. The van der Waals surface area contributed by atoms with Crippen LogP contribution in [0.3, 0.4) is 0 Å². The predicted octanol–water partition coefficient (Wildman–Crippen LogP) is 3.13. The molecule has 0 amide bonds. The largest absolute Gasteiger partial charge is 0.419 e. The van der Waals surface area contributed by atoms with Crippen LogP contribution in [0.25, 0.3) is 0 Å². The fourth-order valence-electron chi connectivity index (χ4n) is 2.03. The second-order valence-electron chi connectivity index (χ2n) is 4.33. The van der Waals surface area contributed by atoms with Crippen LogP contribution in [0.1, 0.15) is 24.0 Å². The lowest BCUT2D eigenvalue weighted by Crippen LogP contribution is -2.46. The summed E-state index contributed by atoms with van der Waals surface area (Å²) in [5.74, 6) is -1.39. The van der Waals surface area contributed by atoms with Crippen molar-refractivity contribution in [1.82, 2.24) is 0 Å². The molecule has 0 radical (unpaired) electrons. The Morgan fingerprint density at radius 3 is 2.29 bits per heavy atom. The Bertz CT molecular complexity index is 434. The SMILES string of the molecule is NC1CC(F)(c2ccc(F)c(C(F)(F)F)c2)C1. The second-order valence-corrected chi connectivity index (χ2v) is 4.33. The van der Waals surface area contributed by atoms with Gasteiger partial charge in [0.2, 0.25) is 0 Å². The van der Waals surface area contributed by atoms with Crippen molar-refractivity contribution in [3.05, 3.63) is 35.1 Å². The standard InChI is InChI=1S/C11H10F5N/c12-9-2-1-6(3-8(9)11(14,15)16)10(13)4-7(17)5-10/h1-3,7H,4-5,17H2. The van der Waals surface area contributed by atoms with E-state index in [4.69, 9.17) is 5.73 Å². The lowest BCUT2D eigenvalue weighted by Gasteiger charge is -2.39. The third-order valence-electron chi connectivity index (χ3n) is 2.96. The van der Waals surface area contributed by atoms with Crippen molar-refractivity contribution in [2.45, 2.75) is 30.7 Å². The van der Waals surface area contributed by atoms with Crippen LogP contribution in [0.5, 0.6) is 0 Å². The molecule has 0 heterocycles. The number of rotatable bonds is 1. The Labute approximate surface area is 94.4 Å². The van der Waals surface area contributed by atoms with Crippen LogP contribution >= 0.6 is 0 Å². The molecule has 0 atom stereocenters. The number of halogens is 5. The Kier molecular flexibility index (Phi) is 2.65. The van der Waals surface area contributed by atoms with Crippen molar-refractivity contribution in [2.75, 3.05) is 0 Å². The molecule has 0 aliphatic heterocycles. The molecule has 1 fully saturated rings. The molecule has 2 rings (SSSR count). The van der Waals surface area contributed by atoms with Crippen LogP contribution in [0.2, 0.25) is 0 Å². The van der Waals surface area contributed by atoms with E-state index in [1.54, 1.807) is 0 Å². The van der Waals surface area contributed by atoms with Gasteiger partial charge in [-0.15, -0.1) is 0 Å². The fraction of sp³-hybridized carbons (Fsp3) is 0.455. The Hall–Kier alpha value is -1.17. The highest BCUT2D eigenvalue weighted by Crippen LogP contribution is 2.45. The quantitative estimate of drug-likeness (QED) is 0.762. The van der Waals surface area contributed by atoms with Crippen LogP contribution in [-0.4, -0.2) is 6.04 Å². The van der Waals surface area contributed by atoms with Gasteiger partial charge in [-0.25, -0.2) is 8.78 Å². The molecule has 0 unspecified atom stereocenters. The van der Waals surface area contributed by atoms with Gasteiger partial charge in [0.25, 0.3) is 0 Å². The van der Waals surface area contributed by atoms with E-state index in [0.717, 1.165) is 6.07 Å². The first kappa shape index (κ1) is 12.3. The molecule has 1 aliphatic carbocycles. The molecule has 6 heteroatoms. The van der Waals surface area contributed by atoms with E-state index in [0.29, 0.717) is 12.1 Å². The molecular weight excluding hydrogens is 241 g/mol. The number of alkyl halides is 4. The van der Waals surface area contributed by atoms with Crippen molar-refractivity contribution in [3.63, 3.8) is 0 Å². The van der Waals surface area contributed by atoms with Gasteiger partial charge in [0.05, 0.1) is 5.56 Å². The van der Waals surface area contributed by atoms with Crippen LogP contribution in [-0.2, 0) is 11.8 Å². The van der Waals surface area contributed by atoms with E-state index in [1.807, 2.05) is 0 Å². The molecule has 1 nitrogen and oxygen atoms in total. The summed E-state index contributed by atoms with van der Waals surface area (Å²) in [4.78, 5) is 0. The van der Waals surface area contributed by atoms with Gasteiger partial charge in [-0.1, -0.05) is 6.07 Å². The van der Waals surface area contributed by atoms with Crippen LogP contribution in [0.15, 0.2) is 18.2 Å². The van der Waals surface area contributed by atoms with Crippen LogP contribution in [0, 0.1) is 5.82 Å². The highest BCUT2D eigenvalue weighted by molar-refractivity contribution is 5.33. The summed E-state index contributed by atoms with van der Waals surface area (Å²) in [6.07, 6.45) is -4.88. The van der Waals surface area contributed by atoms with Crippen molar-refractivity contribution >= 4 is 0 Å². The summed E-state index contributed by atoms with van der Waals surface area (Å²) in [7, 11) is 0. The summed E-state index contributed by atoms with van der Waals surface area (Å²) in [5, 5.41) is 0. The van der Waals surface area contributed by atoms with Gasteiger partial charge in [-0.05, 0) is 17.7 Å². The minimum Gasteiger partial charge on any atom is -0.327 e. The van der Waals surface area contributed by atoms with E-state index < -0.39 is 23.2 Å². The Morgan fingerprint density at radius 1 is 1.24 bits per heavy atom. The molecule has 94 valence electrons. The zero-order chi connectivity index (χ0) is 12.8. The molecular formula is C11H10F5N. The number of nitrogens with two attached hydrogens (primary N) is 1. The molecule has 1 aliphatic rings. The van der Waals surface area contributed by atoms with Crippen LogP contribution in [0.4, 0.5) is 22.0 Å². The Balaban J connectivity index is 2.39. The maximum atomic E-state index is 14.0. The zero-order valence-electron chi connectivity index (χ0n) is 8.69. The molecule has 1 aromatic rings. The Morgan fingerprint density at radius 2 is 1.82 bits per heavy atom. The molecule has 2 N–H and O–H groups in total. The molecule has 0 saturated heterocycles. The van der Waals surface area contributed by atoms with Gasteiger partial charge in [-0.3, -0.25) is 0 Å². The smallest absolute Gasteiger partial charge is 0.327 e. The van der Waals surface area contributed by atoms with E-state index in [-0.39, 0.29) is 24.4 Å². The molecule has 0 bridgehead atoms. The van der Waals surface area contributed by atoms with Gasteiger partial charge in [-0.2, -0.15) is 13.2 Å². The maximum absolute atomic E-state index is 14.0. The van der Waals surface area contributed by atoms with Gasteiger partial charge in [0, 0.05) is 18.9 Å². The van der Waals surface area contributed by atoms with Gasteiger partial charge in [0.1, 0.15) is 11.5 Å². The highest BCUT2D eigenvalue weighted by Gasteiger charge is 2.46. The molecule has 1 aromatic carbocycles. The summed E-state index contributed by atoms with van der Waals surface area (Å²) in [5.41, 5.74) is 1.96. The van der Waals surface area contributed by atoms with Gasteiger partial charge >= 0.3 is 6.18 Å². The van der Waals surface area contributed by atoms with E-state index in [9.17, 15) is 22.0 Å². The van der Waals surface area contributed by atoms with Gasteiger partial charge in [0.15, 0.2) is 0 Å². The summed E-state index contributed by atoms with van der Waals surface area (Å²) >= 11 is 0. The number of hydrogen-bond donors (Lipinski definition) is 1. The minimum absolute atomic E-state index is 0.0318. The van der Waals surface area contributed by atoms with E-state index in [2.05, 4.69) is 0 Å². The lowest BCUT2D eigenvalue weighted by molar-refractivity contribution is -0.140. The first-order chi connectivity index (χ1) is 7.72. The monoisotopic (exact) mass is 251 g/mol. The fourth-order valence-corrected chi connectivity index (χ4v) is 2.03. The second kappa shape index (κ2) is 3.66. The summed E-state index contributed by atoms with van der Waals surface area (Å²) < 4.78 is 64.3. The summed E-state index contributed by atoms with van der Waals surface area (Å²) in [6, 6.07) is 1.86. The third kappa shape index (κ3) is 2.13. The predicted molar refractivity (Wildman–Crippen MR) is 51.4 cm³/mol. The molecule has 17 heavy (non-hydrogen) atoms. The molecule has 0 aromatic heterocycles. The molecule has 0 spiro atoms. The average molecular weight is 251 g/mol. The molecule has 1 saturated carbocycles. The zero-order valence-corrected chi connectivity index (χ0v) is 8.69. The first-order valence-corrected chi connectivity index (χ1v) is 5.04. The van der Waals surface area contributed by atoms with Crippen LogP contribution < -0.4 is 5.73 Å². The number of benzene rings is 1. The topological polar surface area (TPSA) is 26.0 Å². The lowest BCUT2D eigenvalue weighted by atomic mass is 9.73. The van der Waals surface area contributed by atoms with E-state index in [1.165, 1.54) is 0 Å². The normalized spacial score (nSPS) is 28.9. The van der Waals surface area contributed by atoms with Crippen molar-refractivity contribution < 1.29 is 22.0 Å². The average Bonchev–Trinajstić information content (AvgIpc) is 2.14. The maximum Gasteiger partial charge on any atom is 0.419 e. The third-order valence-corrected chi connectivity index (χ3v) is 2.96. The highest BCUT2D eigenvalue weighted by atomic mass is 19.4. The van der Waals surface area contributed by atoms with Crippen molar-refractivity contribution in [3.8, 4) is 0 Å². The summed E-state index contributed by atoms with van der Waals surface area (Å²) in [6.45, 7) is 0. The van der Waals surface area contributed by atoms with Crippen molar-refractivity contribution in [2.24, 2.45) is 5.73 Å².